The third kappa shape index (κ3) is 3.64. The zero-order chi connectivity index (χ0) is 19.6. The molecule has 1 aliphatic rings. The molecule has 1 heterocycles. The number of methoxy groups -OCH3 is 3. The first-order valence-electron chi connectivity index (χ1n) is 8.17. The Morgan fingerprint density at radius 3 is 2.30 bits per heavy atom. The van der Waals surface area contributed by atoms with Crippen LogP contribution in [0.4, 0.5) is 11.4 Å². The second kappa shape index (κ2) is 7.75. The van der Waals surface area contributed by atoms with E-state index in [1.54, 1.807) is 36.4 Å². The van der Waals surface area contributed by atoms with Gasteiger partial charge in [0.15, 0.2) is 11.5 Å². The monoisotopic (exact) mass is 390 g/mol. The van der Waals surface area contributed by atoms with E-state index >= 15 is 0 Å². The second-order valence-corrected chi connectivity index (χ2v) is 6.29. The maximum absolute atomic E-state index is 12.9. The standard InChI is InChI=1S/C19H19ClN2O5/c1-25-15-6-4-11(20)8-13(15)21-14-10-18(23)22(19(14)24)12-5-7-16(26-2)17(9-12)27-3/h4-9,14,21H,10H2,1-3H3/t14-/m0/s1. The van der Waals surface area contributed by atoms with Crippen LogP contribution in [0.3, 0.4) is 0 Å². The summed E-state index contributed by atoms with van der Waals surface area (Å²) in [5.41, 5.74) is 0.968. The maximum Gasteiger partial charge on any atom is 0.256 e. The van der Waals surface area contributed by atoms with Gasteiger partial charge in [-0.1, -0.05) is 11.6 Å². The fourth-order valence-electron chi connectivity index (χ4n) is 2.96. The van der Waals surface area contributed by atoms with Gasteiger partial charge in [0.2, 0.25) is 5.91 Å². The van der Waals surface area contributed by atoms with Gasteiger partial charge in [-0.2, -0.15) is 0 Å². The van der Waals surface area contributed by atoms with Gasteiger partial charge in [-0.15, -0.1) is 0 Å². The highest BCUT2D eigenvalue weighted by atomic mass is 35.5. The van der Waals surface area contributed by atoms with Crippen molar-refractivity contribution < 1.29 is 23.8 Å². The van der Waals surface area contributed by atoms with Crippen LogP contribution in [0.5, 0.6) is 17.2 Å². The number of halogens is 1. The van der Waals surface area contributed by atoms with E-state index in [-0.39, 0.29) is 18.2 Å². The maximum atomic E-state index is 12.9. The molecule has 1 aliphatic heterocycles. The van der Waals surface area contributed by atoms with Crippen molar-refractivity contribution in [2.75, 3.05) is 31.5 Å². The Hall–Kier alpha value is -2.93. The Bertz CT molecular complexity index is 886. The van der Waals surface area contributed by atoms with Crippen molar-refractivity contribution in [3.05, 3.63) is 41.4 Å². The molecular weight excluding hydrogens is 372 g/mol. The van der Waals surface area contributed by atoms with Crippen molar-refractivity contribution in [3.8, 4) is 17.2 Å². The van der Waals surface area contributed by atoms with E-state index in [9.17, 15) is 9.59 Å². The van der Waals surface area contributed by atoms with E-state index in [1.165, 1.54) is 21.3 Å². The molecule has 0 spiro atoms. The van der Waals surface area contributed by atoms with Crippen molar-refractivity contribution in [2.45, 2.75) is 12.5 Å². The number of nitrogens with one attached hydrogen (secondary N) is 1. The number of carbonyl (C=O) groups is 2. The van der Waals surface area contributed by atoms with Crippen LogP contribution in [0.25, 0.3) is 0 Å². The van der Waals surface area contributed by atoms with Crippen LogP contribution in [-0.4, -0.2) is 39.2 Å². The molecule has 0 saturated carbocycles. The molecular formula is C19H19ClN2O5. The molecule has 1 saturated heterocycles. The summed E-state index contributed by atoms with van der Waals surface area (Å²) in [7, 11) is 4.53. The molecule has 0 aromatic heterocycles. The minimum Gasteiger partial charge on any atom is -0.495 e. The fraction of sp³-hybridized carbons (Fsp3) is 0.263. The lowest BCUT2D eigenvalue weighted by Gasteiger charge is -2.18. The van der Waals surface area contributed by atoms with Crippen LogP contribution >= 0.6 is 11.6 Å². The second-order valence-electron chi connectivity index (χ2n) is 5.85. The zero-order valence-corrected chi connectivity index (χ0v) is 15.9. The van der Waals surface area contributed by atoms with Crippen LogP contribution in [0.1, 0.15) is 6.42 Å². The van der Waals surface area contributed by atoms with Gasteiger partial charge in [0.05, 0.1) is 39.1 Å². The van der Waals surface area contributed by atoms with Gasteiger partial charge in [0.1, 0.15) is 11.8 Å². The molecule has 0 radical (unpaired) electrons. The molecule has 1 atom stereocenters. The number of carbonyl (C=O) groups excluding carboxylic acids is 2. The predicted octanol–water partition coefficient (Wildman–Crippen LogP) is 3.11. The molecule has 2 amide bonds. The van der Waals surface area contributed by atoms with Crippen LogP contribution < -0.4 is 24.4 Å². The van der Waals surface area contributed by atoms with Gasteiger partial charge < -0.3 is 19.5 Å². The van der Waals surface area contributed by atoms with Crippen molar-refractivity contribution in [1.82, 2.24) is 0 Å². The van der Waals surface area contributed by atoms with Gasteiger partial charge in [0.25, 0.3) is 5.91 Å². The molecule has 2 aromatic rings. The average molecular weight is 391 g/mol. The topological polar surface area (TPSA) is 77.1 Å². The summed E-state index contributed by atoms with van der Waals surface area (Å²) in [6.45, 7) is 0. The number of nitrogens with zero attached hydrogens (tertiary/aromatic N) is 1. The summed E-state index contributed by atoms with van der Waals surface area (Å²) >= 11 is 6.03. The molecule has 2 aromatic carbocycles. The quantitative estimate of drug-likeness (QED) is 0.764. The van der Waals surface area contributed by atoms with Crippen molar-refractivity contribution in [2.24, 2.45) is 0 Å². The number of amides is 2. The molecule has 27 heavy (non-hydrogen) atoms. The first-order valence-corrected chi connectivity index (χ1v) is 8.55. The highest BCUT2D eigenvalue weighted by Crippen LogP contribution is 2.35. The highest BCUT2D eigenvalue weighted by Gasteiger charge is 2.40. The number of anilines is 2. The van der Waals surface area contributed by atoms with Gasteiger partial charge in [-0.25, -0.2) is 4.90 Å². The average Bonchev–Trinajstić information content (AvgIpc) is 2.94. The first-order chi connectivity index (χ1) is 13.0. The van der Waals surface area contributed by atoms with Gasteiger partial charge in [0, 0.05) is 11.1 Å². The molecule has 0 aliphatic carbocycles. The normalized spacial score (nSPS) is 16.4. The van der Waals surface area contributed by atoms with E-state index in [4.69, 9.17) is 25.8 Å². The van der Waals surface area contributed by atoms with Crippen LogP contribution in [0.2, 0.25) is 5.02 Å². The van der Waals surface area contributed by atoms with Gasteiger partial charge >= 0.3 is 0 Å². The molecule has 3 rings (SSSR count). The summed E-state index contributed by atoms with van der Waals surface area (Å²) in [5.74, 6) is 0.798. The molecule has 7 nitrogen and oxygen atoms in total. The van der Waals surface area contributed by atoms with Gasteiger partial charge in [-0.3, -0.25) is 9.59 Å². The zero-order valence-electron chi connectivity index (χ0n) is 15.1. The largest absolute Gasteiger partial charge is 0.495 e. The Balaban J connectivity index is 1.87. The number of hydrogen-bond donors (Lipinski definition) is 1. The van der Waals surface area contributed by atoms with E-state index < -0.39 is 6.04 Å². The summed E-state index contributed by atoms with van der Waals surface area (Å²) in [5, 5.41) is 3.55. The third-order valence-electron chi connectivity index (χ3n) is 4.26. The van der Waals surface area contributed by atoms with Crippen molar-refractivity contribution in [3.63, 3.8) is 0 Å². The summed E-state index contributed by atoms with van der Waals surface area (Å²) in [6, 6.07) is 9.18. The third-order valence-corrected chi connectivity index (χ3v) is 4.50. The highest BCUT2D eigenvalue weighted by molar-refractivity contribution is 6.31. The summed E-state index contributed by atoms with van der Waals surface area (Å²) in [6.07, 6.45) is 0.0167. The summed E-state index contributed by atoms with van der Waals surface area (Å²) < 4.78 is 15.7. The molecule has 0 bridgehead atoms. The summed E-state index contributed by atoms with van der Waals surface area (Å²) in [4.78, 5) is 26.5. The van der Waals surface area contributed by atoms with Crippen molar-refractivity contribution >= 4 is 34.8 Å². The molecule has 1 fully saturated rings. The lowest BCUT2D eigenvalue weighted by Crippen LogP contribution is -2.34. The van der Waals surface area contributed by atoms with Crippen molar-refractivity contribution in [1.29, 1.82) is 0 Å². The first kappa shape index (κ1) is 18.8. The van der Waals surface area contributed by atoms with E-state index in [0.717, 1.165) is 4.90 Å². The molecule has 1 N–H and O–H groups in total. The van der Waals surface area contributed by atoms with Gasteiger partial charge in [-0.05, 0) is 30.3 Å². The van der Waals surface area contributed by atoms with Crippen LogP contribution in [0.15, 0.2) is 36.4 Å². The Labute approximate surface area is 161 Å². The minimum absolute atomic E-state index is 0.0167. The van der Waals surface area contributed by atoms with Crippen LogP contribution in [-0.2, 0) is 9.59 Å². The number of benzene rings is 2. The number of rotatable bonds is 6. The van der Waals surface area contributed by atoms with E-state index in [1.807, 2.05) is 0 Å². The lowest BCUT2D eigenvalue weighted by molar-refractivity contribution is -0.121. The Morgan fingerprint density at radius 2 is 1.63 bits per heavy atom. The Kier molecular flexibility index (Phi) is 5.41. The predicted molar refractivity (Wildman–Crippen MR) is 102 cm³/mol. The van der Waals surface area contributed by atoms with E-state index in [2.05, 4.69) is 5.32 Å². The SMILES string of the molecule is COc1ccc(Cl)cc1N[C@H]1CC(=O)N(c2ccc(OC)c(OC)c2)C1=O. The molecule has 0 unspecified atom stereocenters. The lowest BCUT2D eigenvalue weighted by atomic mass is 10.2. The molecule has 142 valence electrons. The molecule has 8 heteroatoms. The minimum atomic E-state index is -0.724. The number of imide groups is 1. The van der Waals surface area contributed by atoms with E-state index in [0.29, 0.717) is 33.6 Å². The fourth-order valence-corrected chi connectivity index (χ4v) is 3.13. The smallest absolute Gasteiger partial charge is 0.256 e. The van der Waals surface area contributed by atoms with Crippen LogP contribution in [0, 0.1) is 0 Å². The number of ether oxygens (including phenoxy) is 3. The number of hydrogen-bond acceptors (Lipinski definition) is 6. The Morgan fingerprint density at radius 1 is 0.963 bits per heavy atom.